The summed E-state index contributed by atoms with van der Waals surface area (Å²) in [6.07, 6.45) is -2.12. The fourth-order valence-corrected chi connectivity index (χ4v) is 3.00. The molecule has 6 heteroatoms. The number of esters is 1. The average molecular weight is 394 g/mol. The van der Waals surface area contributed by atoms with E-state index in [0.717, 1.165) is 6.08 Å². The second-order valence-electron chi connectivity index (χ2n) is 6.64. The maximum Gasteiger partial charge on any atom is 0.399 e. The average Bonchev–Trinajstić information content (AvgIpc) is 2.58. The van der Waals surface area contributed by atoms with Gasteiger partial charge in [-0.15, -0.1) is 0 Å². The lowest BCUT2D eigenvalue weighted by Crippen LogP contribution is -2.19. The van der Waals surface area contributed by atoms with Gasteiger partial charge < -0.3 is 4.74 Å². The number of alkyl halides is 3. The van der Waals surface area contributed by atoms with Gasteiger partial charge in [0.05, 0.1) is 18.1 Å². The first-order chi connectivity index (χ1) is 13.0. The highest BCUT2D eigenvalue weighted by atomic mass is 19.4. The summed E-state index contributed by atoms with van der Waals surface area (Å²) in [5.41, 5.74) is 1.84. The van der Waals surface area contributed by atoms with Gasteiger partial charge in [-0.05, 0) is 61.6 Å². The number of hydrogen-bond donors (Lipinski definition) is 0. The monoisotopic (exact) mass is 394 g/mol. The highest BCUT2D eigenvalue weighted by molar-refractivity contribution is 5.91. The van der Waals surface area contributed by atoms with Crippen LogP contribution in [0.15, 0.2) is 36.4 Å². The highest BCUT2D eigenvalue weighted by Gasteiger charge is 2.39. The molecular formula is C22H22F4O2. The molecule has 0 aliphatic rings. The van der Waals surface area contributed by atoms with E-state index in [1.807, 2.05) is 0 Å². The Morgan fingerprint density at radius 2 is 1.68 bits per heavy atom. The predicted octanol–water partition coefficient (Wildman–Crippen LogP) is 6.29. The van der Waals surface area contributed by atoms with Crippen molar-refractivity contribution in [2.24, 2.45) is 0 Å². The van der Waals surface area contributed by atoms with Gasteiger partial charge >= 0.3 is 12.1 Å². The molecule has 0 N–H and O–H groups in total. The van der Waals surface area contributed by atoms with Crippen molar-refractivity contribution in [1.29, 1.82) is 0 Å². The van der Waals surface area contributed by atoms with Gasteiger partial charge in [-0.25, -0.2) is 9.18 Å². The number of carbonyl (C=O) groups is 1. The summed E-state index contributed by atoms with van der Waals surface area (Å²) >= 11 is 0. The van der Waals surface area contributed by atoms with Crippen LogP contribution in [-0.2, 0) is 4.74 Å². The summed E-state index contributed by atoms with van der Waals surface area (Å²) in [4.78, 5) is 11.8. The molecule has 0 amide bonds. The summed E-state index contributed by atoms with van der Waals surface area (Å²) in [5.74, 6) is -2.84. The first-order valence-corrected chi connectivity index (χ1v) is 8.84. The zero-order valence-corrected chi connectivity index (χ0v) is 16.2. The van der Waals surface area contributed by atoms with Crippen LogP contribution in [-0.4, -0.2) is 18.8 Å². The van der Waals surface area contributed by atoms with Crippen molar-refractivity contribution in [3.63, 3.8) is 0 Å². The number of benzene rings is 2. The summed E-state index contributed by atoms with van der Waals surface area (Å²) in [6.45, 7) is 6.52. The van der Waals surface area contributed by atoms with Crippen LogP contribution in [0.25, 0.3) is 6.08 Å². The van der Waals surface area contributed by atoms with Crippen molar-refractivity contribution < 1.29 is 27.1 Å². The number of carbonyl (C=O) groups excluding carboxylic acids is 1. The lowest BCUT2D eigenvalue weighted by molar-refractivity contribution is -0.139. The lowest BCUT2D eigenvalue weighted by atomic mass is 9.93. The summed E-state index contributed by atoms with van der Waals surface area (Å²) in [7, 11) is 0. The van der Waals surface area contributed by atoms with Crippen LogP contribution in [0, 0.1) is 26.6 Å². The molecule has 0 spiro atoms. The van der Waals surface area contributed by atoms with E-state index >= 15 is 0 Å². The molecule has 0 radical (unpaired) electrons. The van der Waals surface area contributed by atoms with Crippen molar-refractivity contribution in [2.75, 3.05) is 6.61 Å². The molecule has 0 aromatic heterocycles. The minimum atomic E-state index is -4.52. The van der Waals surface area contributed by atoms with Crippen LogP contribution in [0.4, 0.5) is 17.6 Å². The molecule has 2 nitrogen and oxygen atoms in total. The Bertz CT molecular complexity index is 875. The number of ether oxygens (including phenoxy) is 1. The fourth-order valence-electron chi connectivity index (χ4n) is 3.00. The van der Waals surface area contributed by atoms with Gasteiger partial charge in [0.2, 0.25) is 0 Å². The van der Waals surface area contributed by atoms with Gasteiger partial charge in [0.25, 0.3) is 0 Å². The third kappa shape index (κ3) is 5.00. The third-order valence-electron chi connectivity index (χ3n) is 4.40. The number of aryl methyl sites for hydroxylation is 3. The first kappa shape index (κ1) is 21.7. The van der Waals surface area contributed by atoms with Gasteiger partial charge in [-0.1, -0.05) is 36.4 Å². The van der Waals surface area contributed by atoms with Gasteiger partial charge in [-0.3, -0.25) is 0 Å². The summed E-state index contributed by atoms with van der Waals surface area (Å²) in [5, 5.41) is 0. The smallest absolute Gasteiger partial charge is 0.399 e. The standard InChI is InChI=1S/C22H22F4O2/c1-5-28-21(27)18-8-6-16(10-13(18)2)7-9-19(22(24,25)26)17-11-14(3)20(23)15(4)12-17/h6-12,19H,5H2,1-4H3/b9-7+. The van der Waals surface area contributed by atoms with Crippen LogP contribution in [0.5, 0.6) is 0 Å². The summed E-state index contributed by atoms with van der Waals surface area (Å²) < 4.78 is 59.5. The van der Waals surface area contributed by atoms with E-state index in [-0.39, 0.29) is 23.3 Å². The van der Waals surface area contributed by atoms with Gasteiger partial charge in [0.15, 0.2) is 0 Å². The Labute approximate surface area is 161 Å². The maximum absolute atomic E-state index is 13.8. The van der Waals surface area contributed by atoms with E-state index in [1.165, 1.54) is 38.1 Å². The van der Waals surface area contributed by atoms with E-state index in [1.54, 1.807) is 26.0 Å². The second kappa shape index (κ2) is 8.59. The largest absolute Gasteiger partial charge is 0.462 e. The lowest BCUT2D eigenvalue weighted by Gasteiger charge is -2.19. The molecule has 0 bridgehead atoms. The Morgan fingerprint density at radius 3 is 2.18 bits per heavy atom. The van der Waals surface area contributed by atoms with Crippen LogP contribution in [0.2, 0.25) is 0 Å². The Balaban J connectivity index is 2.37. The molecule has 2 aromatic carbocycles. The van der Waals surface area contributed by atoms with Crippen molar-refractivity contribution in [1.82, 2.24) is 0 Å². The molecule has 0 saturated heterocycles. The van der Waals surface area contributed by atoms with Gasteiger partial charge in [-0.2, -0.15) is 13.2 Å². The third-order valence-corrected chi connectivity index (χ3v) is 4.40. The minimum Gasteiger partial charge on any atom is -0.462 e. The second-order valence-corrected chi connectivity index (χ2v) is 6.64. The molecule has 0 aliphatic heterocycles. The Kier molecular flexibility index (Phi) is 6.65. The van der Waals surface area contributed by atoms with E-state index in [4.69, 9.17) is 4.74 Å². The van der Waals surface area contributed by atoms with Crippen LogP contribution in [0.3, 0.4) is 0 Å². The predicted molar refractivity (Wildman–Crippen MR) is 101 cm³/mol. The molecule has 2 aromatic rings. The quantitative estimate of drug-likeness (QED) is 0.440. The fraction of sp³-hybridized carbons (Fsp3) is 0.318. The Morgan fingerprint density at radius 1 is 1.07 bits per heavy atom. The van der Waals surface area contributed by atoms with Crippen molar-refractivity contribution in [2.45, 2.75) is 39.8 Å². The van der Waals surface area contributed by atoms with Crippen LogP contribution < -0.4 is 0 Å². The molecule has 28 heavy (non-hydrogen) atoms. The SMILES string of the molecule is CCOC(=O)c1ccc(/C=C/C(c2cc(C)c(F)c(C)c2)C(F)(F)F)cc1C. The number of allylic oxidation sites excluding steroid dienone is 1. The zero-order valence-electron chi connectivity index (χ0n) is 16.2. The topological polar surface area (TPSA) is 26.3 Å². The molecule has 2 rings (SSSR count). The van der Waals surface area contributed by atoms with Crippen molar-refractivity contribution >= 4 is 12.0 Å². The number of halogens is 4. The first-order valence-electron chi connectivity index (χ1n) is 8.84. The normalized spacial score (nSPS) is 13.0. The Hall–Kier alpha value is -2.63. The molecule has 0 fully saturated rings. The van der Waals surface area contributed by atoms with E-state index in [0.29, 0.717) is 16.7 Å². The minimum absolute atomic E-state index is 0.0139. The van der Waals surface area contributed by atoms with Crippen LogP contribution in [0.1, 0.15) is 51.0 Å². The molecule has 0 saturated carbocycles. The molecule has 1 unspecified atom stereocenters. The molecule has 0 heterocycles. The summed E-state index contributed by atoms with van der Waals surface area (Å²) in [6, 6.07) is 7.16. The van der Waals surface area contributed by atoms with E-state index < -0.39 is 23.9 Å². The molecular weight excluding hydrogens is 372 g/mol. The van der Waals surface area contributed by atoms with E-state index in [2.05, 4.69) is 0 Å². The van der Waals surface area contributed by atoms with Gasteiger partial charge in [0, 0.05) is 0 Å². The number of hydrogen-bond acceptors (Lipinski definition) is 2. The highest BCUT2D eigenvalue weighted by Crippen LogP contribution is 2.37. The molecule has 150 valence electrons. The number of rotatable bonds is 5. The molecule has 1 atom stereocenters. The maximum atomic E-state index is 13.8. The zero-order chi connectivity index (χ0) is 21.1. The van der Waals surface area contributed by atoms with Crippen molar-refractivity contribution in [3.8, 4) is 0 Å². The van der Waals surface area contributed by atoms with Crippen molar-refractivity contribution in [3.05, 3.63) is 75.6 Å². The van der Waals surface area contributed by atoms with Crippen LogP contribution >= 0.6 is 0 Å². The molecule has 0 aliphatic carbocycles. The van der Waals surface area contributed by atoms with Gasteiger partial charge in [0.1, 0.15) is 5.82 Å². The van der Waals surface area contributed by atoms with E-state index in [9.17, 15) is 22.4 Å².